The van der Waals surface area contributed by atoms with Crippen LogP contribution >= 0.6 is 0 Å². The van der Waals surface area contributed by atoms with E-state index in [1.165, 1.54) is 0 Å². The van der Waals surface area contributed by atoms with Crippen molar-refractivity contribution in [3.05, 3.63) is 24.0 Å². The zero-order valence-electron chi connectivity index (χ0n) is 12.6. The van der Waals surface area contributed by atoms with E-state index in [4.69, 9.17) is 9.47 Å². The molecule has 2 N–H and O–H groups in total. The lowest BCUT2D eigenvalue weighted by Gasteiger charge is -2.14. The molecular weight excluding hydrogens is 256 g/mol. The van der Waals surface area contributed by atoms with Crippen molar-refractivity contribution >= 4 is 0 Å². The van der Waals surface area contributed by atoms with Crippen LogP contribution in [0.3, 0.4) is 0 Å². The molecule has 1 aromatic heterocycles. The Morgan fingerprint density at radius 3 is 2.70 bits per heavy atom. The summed E-state index contributed by atoms with van der Waals surface area (Å²) in [5.74, 6) is 0.660. The molecule has 0 saturated carbocycles. The first kappa shape index (κ1) is 16.9. The lowest BCUT2D eigenvalue weighted by atomic mass is 10.3. The second-order valence-electron chi connectivity index (χ2n) is 5.01. The molecule has 1 heterocycles. The van der Waals surface area contributed by atoms with Crippen LogP contribution in [0.4, 0.5) is 0 Å². The summed E-state index contributed by atoms with van der Waals surface area (Å²) in [6.07, 6.45) is 2.28. The molecule has 1 unspecified atom stereocenters. The second-order valence-corrected chi connectivity index (χ2v) is 5.01. The van der Waals surface area contributed by atoms with Crippen LogP contribution < -0.4 is 10.1 Å². The molecule has 0 aliphatic carbocycles. The molecule has 0 aliphatic rings. The Morgan fingerprint density at radius 1 is 1.30 bits per heavy atom. The quantitative estimate of drug-likeness (QED) is 0.640. The van der Waals surface area contributed by atoms with Gasteiger partial charge in [0.05, 0.1) is 24.6 Å². The third-order valence-electron chi connectivity index (χ3n) is 2.59. The smallest absolute Gasteiger partial charge is 0.137 e. The number of rotatable bonds is 10. The van der Waals surface area contributed by atoms with Gasteiger partial charge in [0.15, 0.2) is 0 Å². The van der Waals surface area contributed by atoms with Gasteiger partial charge < -0.3 is 19.9 Å². The average Bonchev–Trinajstić information content (AvgIpc) is 2.44. The zero-order valence-corrected chi connectivity index (χ0v) is 12.6. The number of pyridine rings is 1. The van der Waals surface area contributed by atoms with Gasteiger partial charge in [0, 0.05) is 6.54 Å². The van der Waals surface area contributed by atoms with E-state index in [9.17, 15) is 5.11 Å². The summed E-state index contributed by atoms with van der Waals surface area (Å²) in [4.78, 5) is 4.30. The molecule has 114 valence electrons. The predicted octanol–water partition coefficient (Wildman–Crippen LogP) is 1.75. The van der Waals surface area contributed by atoms with E-state index in [0.717, 1.165) is 25.2 Å². The van der Waals surface area contributed by atoms with Gasteiger partial charge in [-0.3, -0.25) is 4.98 Å². The van der Waals surface area contributed by atoms with Crippen LogP contribution in [-0.4, -0.2) is 42.1 Å². The normalized spacial score (nSPS) is 12.7. The largest absolute Gasteiger partial charge is 0.489 e. The number of nitrogens with zero attached hydrogens (tertiary/aromatic N) is 1. The number of aliphatic hydroxyl groups excluding tert-OH is 1. The first-order valence-corrected chi connectivity index (χ1v) is 7.20. The van der Waals surface area contributed by atoms with Crippen molar-refractivity contribution < 1.29 is 14.6 Å². The van der Waals surface area contributed by atoms with Gasteiger partial charge in [0.1, 0.15) is 18.5 Å². The fraction of sp³-hybridized carbons (Fsp3) is 0.667. The van der Waals surface area contributed by atoms with E-state index in [0.29, 0.717) is 5.75 Å². The van der Waals surface area contributed by atoms with Crippen molar-refractivity contribution in [3.63, 3.8) is 0 Å². The molecule has 0 saturated heterocycles. The Labute approximate surface area is 121 Å². The predicted molar refractivity (Wildman–Crippen MR) is 78.8 cm³/mol. The standard InChI is InChI=1S/C15H26N2O3/c1-4-7-16-8-13-5-6-15(9-17-13)20-11-14(18)10-19-12(2)3/h5-6,9,12,14,16,18H,4,7-8,10-11H2,1-3H3. The zero-order chi connectivity index (χ0) is 14.8. The molecule has 1 rings (SSSR count). The van der Waals surface area contributed by atoms with Crippen molar-refractivity contribution in [1.29, 1.82) is 0 Å². The summed E-state index contributed by atoms with van der Waals surface area (Å²) in [6, 6.07) is 3.79. The minimum Gasteiger partial charge on any atom is -0.489 e. The maximum absolute atomic E-state index is 9.68. The minimum absolute atomic E-state index is 0.112. The van der Waals surface area contributed by atoms with E-state index in [1.54, 1.807) is 6.20 Å². The number of ether oxygens (including phenoxy) is 2. The molecule has 0 aromatic carbocycles. The molecule has 0 bridgehead atoms. The topological polar surface area (TPSA) is 63.6 Å². The van der Waals surface area contributed by atoms with Crippen molar-refractivity contribution in [2.24, 2.45) is 0 Å². The summed E-state index contributed by atoms with van der Waals surface area (Å²) >= 11 is 0. The molecule has 20 heavy (non-hydrogen) atoms. The highest BCUT2D eigenvalue weighted by atomic mass is 16.5. The first-order valence-electron chi connectivity index (χ1n) is 7.20. The van der Waals surface area contributed by atoms with Gasteiger partial charge in [-0.2, -0.15) is 0 Å². The third kappa shape index (κ3) is 7.43. The van der Waals surface area contributed by atoms with Crippen LogP contribution in [-0.2, 0) is 11.3 Å². The monoisotopic (exact) mass is 282 g/mol. The van der Waals surface area contributed by atoms with Gasteiger partial charge in [-0.1, -0.05) is 6.92 Å². The number of aliphatic hydroxyl groups is 1. The van der Waals surface area contributed by atoms with Crippen molar-refractivity contribution in [3.8, 4) is 5.75 Å². The fourth-order valence-corrected chi connectivity index (χ4v) is 1.54. The molecule has 0 fully saturated rings. The summed E-state index contributed by atoms with van der Waals surface area (Å²) < 4.78 is 10.8. The summed E-state index contributed by atoms with van der Waals surface area (Å²) in [5.41, 5.74) is 0.981. The van der Waals surface area contributed by atoms with E-state index in [2.05, 4.69) is 17.2 Å². The third-order valence-corrected chi connectivity index (χ3v) is 2.59. The molecule has 0 spiro atoms. The Morgan fingerprint density at radius 2 is 2.10 bits per heavy atom. The Bertz CT molecular complexity index is 355. The van der Waals surface area contributed by atoms with Gasteiger partial charge in [-0.15, -0.1) is 0 Å². The molecule has 5 nitrogen and oxygen atoms in total. The van der Waals surface area contributed by atoms with Crippen LogP contribution in [0.5, 0.6) is 5.75 Å². The lowest BCUT2D eigenvalue weighted by Crippen LogP contribution is -2.25. The Hall–Kier alpha value is -1.17. The number of nitrogens with one attached hydrogen (secondary N) is 1. The fourth-order valence-electron chi connectivity index (χ4n) is 1.54. The van der Waals surface area contributed by atoms with Crippen LogP contribution in [0.2, 0.25) is 0 Å². The highest BCUT2D eigenvalue weighted by molar-refractivity contribution is 5.19. The van der Waals surface area contributed by atoms with E-state index < -0.39 is 6.10 Å². The minimum atomic E-state index is -0.622. The first-order chi connectivity index (χ1) is 9.61. The SMILES string of the molecule is CCCNCc1ccc(OCC(O)COC(C)C)cn1. The summed E-state index contributed by atoms with van der Waals surface area (Å²) in [5, 5.41) is 13.0. The summed E-state index contributed by atoms with van der Waals surface area (Å²) in [6.45, 7) is 8.24. The molecule has 0 amide bonds. The summed E-state index contributed by atoms with van der Waals surface area (Å²) in [7, 11) is 0. The molecule has 0 aliphatic heterocycles. The van der Waals surface area contributed by atoms with Crippen LogP contribution in [0.1, 0.15) is 32.9 Å². The van der Waals surface area contributed by atoms with Gasteiger partial charge in [0.25, 0.3) is 0 Å². The van der Waals surface area contributed by atoms with Crippen molar-refractivity contribution in [2.75, 3.05) is 19.8 Å². The number of aromatic nitrogens is 1. The Balaban J connectivity index is 2.27. The number of hydrogen-bond acceptors (Lipinski definition) is 5. The van der Waals surface area contributed by atoms with E-state index in [-0.39, 0.29) is 19.3 Å². The van der Waals surface area contributed by atoms with Gasteiger partial charge >= 0.3 is 0 Å². The van der Waals surface area contributed by atoms with Gasteiger partial charge in [0.2, 0.25) is 0 Å². The average molecular weight is 282 g/mol. The van der Waals surface area contributed by atoms with Gasteiger partial charge in [-0.05, 0) is 38.9 Å². The van der Waals surface area contributed by atoms with Crippen LogP contribution in [0.25, 0.3) is 0 Å². The maximum Gasteiger partial charge on any atom is 0.137 e. The molecule has 0 radical (unpaired) electrons. The maximum atomic E-state index is 9.68. The molecule has 1 atom stereocenters. The molecule has 5 heteroatoms. The van der Waals surface area contributed by atoms with Crippen LogP contribution in [0.15, 0.2) is 18.3 Å². The highest BCUT2D eigenvalue weighted by Crippen LogP contribution is 2.09. The highest BCUT2D eigenvalue weighted by Gasteiger charge is 2.07. The van der Waals surface area contributed by atoms with Crippen LogP contribution in [0, 0.1) is 0 Å². The Kier molecular flexibility index (Phi) is 8.18. The molecular formula is C15H26N2O3. The number of hydrogen-bond donors (Lipinski definition) is 2. The van der Waals surface area contributed by atoms with E-state index >= 15 is 0 Å². The van der Waals surface area contributed by atoms with Gasteiger partial charge in [-0.25, -0.2) is 0 Å². The van der Waals surface area contributed by atoms with Crippen molar-refractivity contribution in [1.82, 2.24) is 10.3 Å². The van der Waals surface area contributed by atoms with E-state index in [1.807, 2.05) is 26.0 Å². The molecule has 1 aromatic rings. The lowest BCUT2D eigenvalue weighted by molar-refractivity contribution is -0.0123. The second kappa shape index (κ2) is 9.69. The van der Waals surface area contributed by atoms with Crippen molar-refractivity contribution in [2.45, 2.75) is 45.9 Å².